The summed E-state index contributed by atoms with van der Waals surface area (Å²) in [7, 11) is 0. The van der Waals surface area contributed by atoms with E-state index in [-0.39, 0.29) is 19.0 Å². The number of nitrogens with zero attached hydrogens (tertiary/aromatic N) is 1. The van der Waals surface area contributed by atoms with Crippen LogP contribution in [0.25, 0.3) is 21.3 Å². The molecular formula is C24H22N2O4S. The monoisotopic (exact) mass is 434 g/mol. The molecule has 0 aliphatic heterocycles. The Morgan fingerprint density at radius 2 is 2.06 bits per heavy atom. The molecule has 0 radical (unpaired) electrons. The van der Waals surface area contributed by atoms with Crippen molar-refractivity contribution in [3.8, 4) is 16.2 Å². The molecule has 3 N–H and O–H groups in total. The van der Waals surface area contributed by atoms with E-state index in [9.17, 15) is 9.90 Å². The summed E-state index contributed by atoms with van der Waals surface area (Å²) in [6.07, 6.45) is 0.897. The van der Waals surface area contributed by atoms with Crippen molar-refractivity contribution in [2.45, 2.75) is 25.4 Å². The van der Waals surface area contributed by atoms with E-state index in [2.05, 4.69) is 29.9 Å². The van der Waals surface area contributed by atoms with Gasteiger partial charge in [-0.2, -0.15) is 0 Å². The number of thiazole rings is 1. The number of fused-ring (bicyclic) bond motifs is 4. The van der Waals surface area contributed by atoms with Crippen molar-refractivity contribution in [3.05, 3.63) is 70.5 Å². The van der Waals surface area contributed by atoms with Gasteiger partial charge in [-0.15, -0.1) is 11.3 Å². The summed E-state index contributed by atoms with van der Waals surface area (Å²) in [6, 6.07) is 11.5. The molecule has 158 valence electrons. The van der Waals surface area contributed by atoms with Crippen LogP contribution >= 0.6 is 11.3 Å². The molecule has 7 heteroatoms. The van der Waals surface area contributed by atoms with Gasteiger partial charge in [0.15, 0.2) is 5.78 Å². The summed E-state index contributed by atoms with van der Waals surface area (Å²) >= 11 is 1.58. The zero-order valence-corrected chi connectivity index (χ0v) is 18.0. The molecule has 1 aliphatic carbocycles. The molecule has 4 aromatic rings. The highest BCUT2D eigenvalue weighted by Crippen LogP contribution is 2.45. The molecule has 5 rings (SSSR count). The smallest absolute Gasteiger partial charge is 0.195 e. The Hall–Kier alpha value is -3.00. The summed E-state index contributed by atoms with van der Waals surface area (Å²) in [5.74, 6) is 0.544. The minimum atomic E-state index is -0.946. The Morgan fingerprint density at radius 3 is 2.81 bits per heavy atom. The van der Waals surface area contributed by atoms with E-state index in [1.165, 1.54) is 0 Å². The number of carbonyl (C=O) groups is 1. The summed E-state index contributed by atoms with van der Waals surface area (Å²) in [4.78, 5) is 22.2. The van der Waals surface area contributed by atoms with Crippen molar-refractivity contribution in [2.24, 2.45) is 0 Å². The van der Waals surface area contributed by atoms with Crippen LogP contribution in [0.2, 0.25) is 0 Å². The fourth-order valence-corrected chi connectivity index (χ4v) is 4.88. The maximum Gasteiger partial charge on any atom is 0.195 e. The lowest BCUT2D eigenvalue weighted by Gasteiger charge is -2.32. The number of rotatable bonds is 5. The van der Waals surface area contributed by atoms with Gasteiger partial charge in [-0.1, -0.05) is 26.0 Å². The first-order valence-electron chi connectivity index (χ1n) is 10.1. The standard InChI is InChI=1S/C24H22N2O4S/c1-24(2)18-8-15(30-11-14(28)10-27)4-6-16(18)22(29)21-17-5-3-13(20-9-25-12-31-20)7-19(17)26-23(21)24/h3-9,12,14,26-28H,10-11H2,1-2H3. The Kier molecular flexibility index (Phi) is 4.69. The van der Waals surface area contributed by atoms with Crippen LogP contribution in [0.1, 0.15) is 41.0 Å². The third kappa shape index (κ3) is 3.17. The van der Waals surface area contributed by atoms with Crippen molar-refractivity contribution < 1.29 is 19.7 Å². The van der Waals surface area contributed by atoms with Gasteiger partial charge in [0.2, 0.25) is 0 Å². The summed E-state index contributed by atoms with van der Waals surface area (Å²) < 4.78 is 5.62. The quantitative estimate of drug-likeness (QED) is 0.443. The number of ketones is 1. The largest absolute Gasteiger partial charge is 0.491 e. The third-order valence-corrected chi connectivity index (χ3v) is 6.75. The van der Waals surface area contributed by atoms with Crippen LogP contribution in [0.4, 0.5) is 0 Å². The number of aromatic amines is 1. The minimum Gasteiger partial charge on any atom is -0.491 e. The fraction of sp³-hybridized carbons (Fsp3) is 0.250. The van der Waals surface area contributed by atoms with E-state index in [4.69, 9.17) is 9.84 Å². The van der Waals surface area contributed by atoms with Crippen LogP contribution in [-0.4, -0.2) is 45.3 Å². The van der Waals surface area contributed by atoms with Gasteiger partial charge in [-0.3, -0.25) is 9.78 Å². The van der Waals surface area contributed by atoms with E-state index >= 15 is 0 Å². The van der Waals surface area contributed by atoms with Crippen molar-refractivity contribution in [2.75, 3.05) is 13.2 Å². The first-order valence-corrected chi connectivity index (χ1v) is 10.9. The van der Waals surface area contributed by atoms with Gasteiger partial charge in [0.1, 0.15) is 18.5 Å². The third-order valence-electron chi connectivity index (χ3n) is 5.93. The summed E-state index contributed by atoms with van der Waals surface area (Å²) in [5.41, 5.74) is 6.47. The molecular weight excluding hydrogens is 412 g/mol. The Balaban J connectivity index is 1.60. The molecule has 2 aromatic carbocycles. The number of aliphatic hydroxyl groups excluding tert-OH is 2. The predicted octanol–water partition coefficient (Wildman–Crippen LogP) is 3.89. The lowest BCUT2D eigenvalue weighted by atomic mass is 9.71. The van der Waals surface area contributed by atoms with E-state index in [1.807, 2.05) is 29.9 Å². The number of H-pyrrole nitrogens is 1. The number of benzene rings is 2. The van der Waals surface area contributed by atoms with Crippen LogP contribution in [0, 0.1) is 0 Å². The molecule has 1 unspecified atom stereocenters. The second-order valence-corrected chi connectivity index (χ2v) is 9.20. The molecule has 1 atom stereocenters. The molecule has 31 heavy (non-hydrogen) atoms. The van der Waals surface area contributed by atoms with E-state index in [0.717, 1.165) is 32.6 Å². The number of aliphatic hydroxyl groups is 2. The van der Waals surface area contributed by atoms with Gasteiger partial charge in [0.05, 0.1) is 22.6 Å². The maximum atomic E-state index is 13.5. The second-order valence-electron chi connectivity index (χ2n) is 8.31. The zero-order chi connectivity index (χ0) is 21.8. The second kappa shape index (κ2) is 7.30. The predicted molar refractivity (Wildman–Crippen MR) is 120 cm³/mol. The van der Waals surface area contributed by atoms with E-state index in [0.29, 0.717) is 16.9 Å². The van der Waals surface area contributed by atoms with E-state index < -0.39 is 11.5 Å². The Bertz CT molecular complexity index is 1290. The molecule has 0 spiro atoms. The molecule has 0 amide bonds. The first kappa shape index (κ1) is 19.9. The molecule has 6 nitrogen and oxygen atoms in total. The highest BCUT2D eigenvalue weighted by Gasteiger charge is 2.39. The van der Waals surface area contributed by atoms with E-state index in [1.54, 1.807) is 23.5 Å². The number of hydrogen-bond acceptors (Lipinski definition) is 6. The lowest BCUT2D eigenvalue weighted by Crippen LogP contribution is -2.30. The van der Waals surface area contributed by atoms with Gasteiger partial charge in [-0.25, -0.2) is 0 Å². The van der Waals surface area contributed by atoms with Crippen LogP contribution in [0.15, 0.2) is 48.1 Å². The number of aromatic nitrogens is 2. The van der Waals surface area contributed by atoms with Crippen molar-refractivity contribution in [1.29, 1.82) is 0 Å². The maximum absolute atomic E-state index is 13.5. The molecule has 0 fully saturated rings. The summed E-state index contributed by atoms with van der Waals surface area (Å²) in [5, 5.41) is 19.5. The summed E-state index contributed by atoms with van der Waals surface area (Å²) in [6.45, 7) is 3.80. The Morgan fingerprint density at radius 1 is 1.23 bits per heavy atom. The average molecular weight is 435 g/mol. The van der Waals surface area contributed by atoms with Crippen molar-refractivity contribution in [3.63, 3.8) is 0 Å². The number of nitrogens with one attached hydrogen (secondary N) is 1. The SMILES string of the molecule is CC1(C)c2cc(OCC(O)CO)ccc2C(=O)c2c1[nH]c1cc(-c3cncs3)ccc21. The molecule has 2 heterocycles. The van der Waals surface area contributed by atoms with Gasteiger partial charge >= 0.3 is 0 Å². The van der Waals surface area contributed by atoms with Gasteiger partial charge in [0.25, 0.3) is 0 Å². The fourth-order valence-electron chi connectivity index (χ4n) is 4.26. The first-order chi connectivity index (χ1) is 14.9. The molecule has 0 bridgehead atoms. The Labute approximate surface area is 183 Å². The van der Waals surface area contributed by atoms with Crippen molar-refractivity contribution >= 4 is 28.0 Å². The van der Waals surface area contributed by atoms with Gasteiger partial charge in [0, 0.05) is 33.8 Å². The highest BCUT2D eigenvalue weighted by atomic mass is 32.1. The average Bonchev–Trinajstić information content (AvgIpc) is 3.44. The van der Waals surface area contributed by atoms with Crippen LogP contribution in [0.5, 0.6) is 5.75 Å². The normalized spacial score (nSPS) is 15.5. The highest BCUT2D eigenvalue weighted by molar-refractivity contribution is 7.13. The van der Waals surface area contributed by atoms with Crippen molar-refractivity contribution in [1.82, 2.24) is 9.97 Å². The zero-order valence-electron chi connectivity index (χ0n) is 17.2. The lowest BCUT2D eigenvalue weighted by molar-refractivity contribution is 0.0535. The van der Waals surface area contributed by atoms with Crippen LogP contribution in [-0.2, 0) is 5.41 Å². The number of hydrogen-bond donors (Lipinski definition) is 3. The van der Waals surface area contributed by atoms with Crippen LogP contribution in [0.3, 0.4) is 0 Å². The molecule has 1 aliphatic rings. The van der Waals surface area contributed by atoms with Crippen LogP contribution < -0.4 is 4.74 Å². The minimum absolute atomic E-state index is 0.0111. The number of ether oxygens (including phenoxy) is 1. The topological polar surface area (TPSA) is 95.4 Å². The molecule has 0 saturated carbocycles. The van der Waals surface area contributed by atoms with Gasteiger partial charge < -0.3 is 19.9 Å². The molecule has 2 aromatic heterocycles. The molecule has 0 saturated heterocycles. The number of carbonyl (C=O) groups excluding carboxylic acids is 1. The van der Waals surface area contributed by atoms with Gasteiger partial charge in [-0.05, 0) is 35.4 Å².